The van der Waals surface area contributed by atoms with Crippen molar-refractivity contribution in [2.45, 2.75) is 58.5 Å². The monoisotopic (exact) mass is 467 g/mol. The highest BCUT2D eigenvalue weighted by Gasteiger charge is 2.27. The maximum absolute atomic E-state index is 14.2. The maximum atomic E-state index is 14.2. The molecule has 10 heteroatoms. The predicted molar refractivity (Wildman–Crippen MR) is 127 cm³/mol. The largest absolute Gasteiger partial charge is 0.382 e. The van der Waals surface area contributed by atoms with Crippen molar-refractivity contribution in [2.75, 3.05) is 17.2 Å². The van der Waals surface area contributed by atoms with Gasteiger partial charge in [0.25, 0.3) is 5.91 Å². The van der Waals surface area contributed by atoms with E-state index in [1.807, 2.05) is 26.8 Å². The summed E-state index contributed by atoms with van der Waals surface area (Å²) in [6, 6.07) is 4.58. The van der Waals surface area contributed by atoms with Gasteiger partial charge in [-0.2, -0.15) is 5.26 Å². The normalized spacial score (nSPS) is 17.5. The maximum Gasteiger partial charge on any atom is 0.255 e. The second-order valence-electron chi connectivity index (χ2n) is 8.62. The van der Waals surface area contributed by atoms with Crippen LogP contribution in [0.2, 0.25) is 0 Å². The van der Waals surface area contributed by atoms with Gasteiger partial charge in [0.15, 0.2) is 11.6 Å². The smallest absolute Gasteiger partial charge is 0.255 e. The molecule has 0 aliphatic heterocycles. The molecule has 0 bridgehead atoms. The van der Waals surface area contributed by atoms with E-state index in [1.165, 1.54) is 12.4 Å². The lowest BCUT2D eigenvalue weighted by atomic mass is 9.85. The lowest BCUT2D eigenvalue weighted by Gasteiger charge is -2.28. The van der Waals surface area contributed by atoms with Gasteiger partial charge in [0, 0.05) is 43.0 Å². The fourth-order valence-corrected chi connectivity index (χ4v) is 3.93. The number of anilines is 3. The molecule has 1 aliphatic rings. The lowest BCUT2D eigenvalue weighted by Crippen LogP contribution is -2.41. The Morgan fingerprint density at radius 2 is 1.91 bits per heavy atom. The number of carbonyl (C=O) groups excluding carboxylic acids is 2. The first-order chi connectivity index (χ1) is 16.3. The van der Waals surface area contributed by atoms with Crippen LogP contribution in [0.25, 0.3) is 0 Å². The first-order valence-corrected chi connectivity index (χ1v) is 11.5. The van der Waals surface area contributed by atoms with Crippen LogP contribution in [0.15, 0.2) is 24.5 Å². The molecule has 9 nitrogen and oxygen atoms in total. The number of hydrogen-bond donors (Lipinski definition) is 4. The van der Waals surface area contributed by atoms with Crippen LogP contribution in [-0.4, -0.2) is 40.4 Å². The van der Waals surface area contributed by atoms with Crippen LogP contribution in [0, 0.1) is 23.1 Å². The molecule has 2 amide bonds. The minimum absolute atomic E-state index is 0.00507. The lowest BCUT2D eigenvalue weighted by molar-refractivity contribution is -0.125. The Morgan fingerprint density at radius 3 is 2.53 bits per heavy atom. The van der Waals surface area contributed by atoms with Crippen molar-refractivity contribution in [1.29, 1.82) is 5.26 Å². The fraction of sp³-hybridized carbons (Fsp3) is 0.458. The summed E-state index contributed by atoms with van der Waals surface area (Å²) in [7, 11) is 0. The van der Waals surface area contributed by atoms with Crippen molar-refractivity contribution >= 4 is 29.1 Å². The molecule has 4 N–H and O–H groups in total. The Labute approximate surface area is 198 Å². The minimum Gasteiger partial charge on any atom is -0.382 e. The van der Waals surface area contributed by atoms with Gasteiger partial charge < -0.3 is 21.3 Å². The Hall–Kier alpha value is -3.74. The Bertz CT molecular complexity index is 1080. The van der Waals surface area contributed by atoms with Crippen molar-refractivity contribution in [3.63, 3.8) is 0 Å². The predicted octanol–water partition coefficient (Wildman–Crippen LogP) is 3.48. The average Bonchev–Trinajstić information content (AvgIpc) is 2.80. The van der Waals surface area contributed by atoms with Crippen LogP contribution in [-0.2, 0) is 4.79 Å². The number of nitrogens with one attached hydrogen (secondary N) is 4. The van der Waals surface area contributed by atoms with Crippen molar-refractivity contribution in [3.8, 4) is 6.07 Å². The first kappa shape index (κ1) is 24.9. The van der Waals surface area contributed by atoms with Gasteiger partial charge in [0.2, 0.25) is 5.91 Å². The van der Waals surface area contributed by atoms with Gasteiger partial charge in [-0.25, -0.2) is 14.4 Å². The van der Waals surface area contributed by atoms with E-state index in [-0.39, 0.29) is 41.2 Å². The average molecular weight is 468 g/mol. The van der Waals surface area contributed by atoms with Crippen LogP contribution < -0.4 is 21.3 Å². The molecule has 2 aromatic rings. The van der Waals surface area contributed by atoms with E-state index in [0.29, 0.717) is 23.6 Å². The molecule has 0 spiro atoms. The van der Waals surface area contributed by atoms with Crippen LogP contribution in [0.4, 0.5) is 21.7 Å². The van der Waals surface area contributed by atoms with Gasteiger partial charge in [-0.15, -0.1) is 0 Å². The number of hydrogen-bond acceptors (Lipinski definition) is 7. The molecule has 180 valence electrons. The number of halogens is 1. The third kappa shape index (κ3) is 6.41. The number of nitriles is 1. The fourth-order valence-electron chi connectivity index (χ4n) is 3.93. The number of amides is 2. The summed E-state index contributed by atoms with van der Waals surface area (Å²) in [6.45, 7) is 6.41. The van der Waals surface area contributed by atoms with Gasteiger partial charge in [0.1, 0.15) is 11.9 Å². The molecule has 1 saturated carbocycles. The van der Waals surface area contributed by atoms with Crippen LogP contribution in [0.5, 0.6) is 0 Å². The van der Waals surface area contributed by atoms with Crippen molar-refractivity contribution in [1.82, 2.24) is 20.6 Å². The summed E-state index contributed by atoms with van der Waals surface area (Å²) in [5.41, 5.74) is 1.04. The van der Waals surface area contributed by atoms with E-state index in [2.05, 4.69) is 31.2 Å². The van der Waals surface area contributed by atoms with E-state index in [0.717, 1.165) is 31.7 Å². The summed E-state index contributed by atoms with van der Waals surface area (Å²) >= 11 is 0. The van der Waals surface area contributed by atoms with Gasteiger partial charge in [-0.05, 0) is 52.5 Å². The number of carbonyl (C=O) groups is 2. The summed E-state index contributed by atoms with van der Waals surface area (Å²) in [5, 5.41) is 20.8. The van der Waals surface area contributed by atoms with E-state index in [1.54, 1.807) is 6.07 Å². The zero-order chi connectivity index (χ0) is 24.7. The molecule has 0 unspecified atom stereocenters. The number of pyridine rings is 2. The van der Waals surface area contributed by atoms with Crippen LogP contribution in [0.1, 0.15) is 62.4 Å². The Morgan fingerprint density at radius 1 is 1.18 bits per heavy atom. The van der Waals surface area contributed by atoms with Gasteiger partial charge in [-0.1, -0.05) is 0 Å². The summed E-state index contributed by atoms with van der Waals surface area (Å²) in [6.07, 6.45) is 5.63. The molecule has 0 saturated heterocycles. The minimum atomic E-state index is -0.677. The summed E-state index contributed by atoms with van der Waals surface area (Å²) < 4.78 is 14.2. The quantitative estimate of drug-likeness (QED) is 0.467. The highest BCUT2D eigenvalue weighted by atomic mass is 19.1. The Balaban J connectivity index is 1.70. The number of nitrogens with zero attached hydrogens (tertiary/aromatic N) is 3. The van der Waals surface area contributed by atoms with E-state index in [9.17, 15) is 14.0 Å². The highest BCUT2D eigenvalue weighted by molar-refractivity contribution is 6.00. The zero-order valence-electron chi connectivity index (χ0n) is 19.6. The van der Waals surface area contributed by atoms with Crippen molar-refractivity contribution in [3.05, 3.63) is 41.5 Å². The summed E-state index contributed by atoms with van der Waals surface area (Å²) in [4.78, 5) is 33.3. The van der Waals surface area contributed by atoms with Crippen molar-refractivity contribution in [2.24, 2.45) is 5.92 Å². The van der Waals surface area contributed by atoms with E-state index in [4.69, 9.17) is 5.26 Å². The topological polar surface area (TPSA) is 132 Å². The Kier molecular flexibility index (Phi) is 8.35. The molecule has 0 radical (unpaired) electrons. The molecular formula is C24H30FN7O2. The highest BCUT2D eigenvalue weighted by Crippen LogP contribution is 2.26. The second-order valence-corrected chi connectivity index (χ2v) is 8.62. The molecule has 34 heavy (non-hydrogen) atoms. The second kappa shape index (κ2) is 11.4. The molecule has 2 aromatic heterocycles. The molecule has 2 heterocycles. The van der Waals surface area contributed by atoms with Gasteiger partial charge in [0.05, 0.1) is 16.8 Å². The molecule has 0 atom stereocenters. The molecule has 1 fully saturated rings. The standard InChI is InChI=1S/C24H30FN7O2/c1-4-27-23(33)16-5-7-17(8-6-16)31-24(34)18-13-28-21(10-20(18)30-14(2)3)32-22-19(25)9-15(11-26)12-29-22/h9-10,12-14,16-17H,4-8H2,1-3H3,(H,27,33)(H,31,34)(H2,28,29,30,32)/t16-,17-. The number of aromatic nitrogens is 2. The third-order valence-corrected chi connectivity index (χ3v) is 5.59. The van der Waals surface area contributed by atoms with E-state index < -0.39 is 5.82 Å². The molecule has 0 aromatic carbocycles. The SMILES string of the molecule is CCNC(=O)[C@H]1CC[C@H](NC(=O)c2cnc(Nc3ncc(C#N)cc3F)cc2NC(C)C)CC1. The van der Waals surface area contributed by atoms with Crippen LogP contribution in [0.3, 0.4) is 0 Å². The molecular weight excluding hydrogens is 437 g/mol. The van der Waals surface area contributed by atoms with Crippen LogP contribution >= 0.6 is 0 Å². The first-order valence-electron chi connectivity index (χ1n) is 11.5. The van der Waals surface area contributed by atoms with Gasteiger partial charge >= 0.3 is 0 Å². The molecule has 3 rings (SSSR count). The zero-order valence-corrected chi connectivity index (χ0v) is 19.6. The summed E-state index contributed by atoms with van der Waals surface area (Å²) in [5.74, 6) is -0.623. The van der Waals surface area contributed by atoms with Gasteiger partial charge in [-0.3, -0.25) is 9.59 Å². The number of rotatable bonds is 8. The third-order valence-electron chi connectivity index (χ3n) is 5.59. The van der Waals surface area contributed by atoms with E-state index >= 15 is 0 Å². The molecule has 1 aliphatic carbocycles. The van der Waals surface area contributed by atoms with Crippen molar-refractivity contribution < 1.29 is 14.0 Å².